The quantitative estimate of drug-likeness (QED) is 0.810. The fourth-order valence-corrected chi connectivity index (χ4v) is 2.22. The number of ether oxygens (including phenoxy) is 1. The Balaban J connectivity index is 2.01. The number of carbonyl (C=O) groups excluding carboxylic acids is 2. The highest BCUT2D eigenvalue weighted by Gasteiger charge is 2.28. The van der Waals surface area contributed by atoms with Crippen LogP contribution in [-0.4, -0.2) is 37.4 Å². The molecular weight excluding hydrogens is 258 g/mol. The van der Waals surface area contributed by atoms with Gasteiger partial charge in [0, 0.05) is 31.6 Å². The molecule has 1 saturated heterocycles. The molecule has 0 aromatic heterocycles. The van der Waals surface area contributed by atoms with Crippen molar-refractivity contribution < 1.29 is 14.3 Å². The van der Waals surface area contributed by atoms with E-state index in [0.717, 1.165) is 0 Å². The maximum Gasteiger partial charge on any atom is 0.228 e. The summed E-state index contributed by atoms with van der Waals surface area (Å²) in [4.78, 5) is 25.4. The maximum absolute atomic E-state index is 12.1. The Morgan fingerprint density at radius 3 is 2.85 bits per heavy atom. The fraction of sp³-hybridized carbons (Fsp3) is 0.429. The standard InChI is InChI=1S/C14H19N3O3/c1-17-6-5-9(7-13(17)18)14(19)16-10-3-4-12(20-2)11(15)8-10/h3-4,8-9H,5-7,15H2,1-2H3,(H,16,19). The summed E-state index contributed by atoms with van der Waals surface area (Å²) < 4.78 is 5.06. The number of nitrogens with zero attached hydrogens (tertiary/aromatic N) is 1. The number of nitrogens with two attached hydrogens (primary N) is 1. The van der Waals surface area contributed by atoms with E-state index in [9.17, 15) is 9.59 Å². The van der Waals surface area contributed by atoms with Gasteiger partial charge in [-0.05, 0) is 24.6 Å². The number of likely N-dealkylation sites (tertiary alicyclic amines) is 1. The summed E-state index contributed by atoms with van der Waals surface area (Å²) in [5.41, 5.74) is 6.86. The van der Waals surface area contributed by atoms with Gasteiger partial charge in [-0.1, -0.05) is 0 Å². The molecule has 108 valence electrons. The normalized spacial score (nSPS) is 18.8. The lowest BCUT2D eigenvalue weighted by molar-refractivity contribution is -0.137. The lowest BCUT2D eigenvalue weighted by Gasteiger charge is -2.27. The molecule has 1 heterocycles. The van der Waals surface area contributed by atoms with Crippen molar-refractivity contribution in [2.24, 2.45) is 5.92 Å². The number of hydrogen-bond acceptors (Lipinski definition) is 4. The largest absolute Gasteiger partial charge is 0.495 e. The summed E-state index contributed by atoms with van der Waals surface area (Å²) in [5, 5.41) is 2.79. The predicted molar refractivity (Wildman–Crippen MR) is 76.4 cm³/mol. The monoisotopic (exact) mass is 277 g/mol. The molecule has 0 aliphatic carbocycles. The molecule has 6 nitrogen and oxygen atoms in total. The van der Waals surface area contributed by atoms with Gasteiger partial charge in [-0.2, -0.15) is 0 Å². The number of nitrogen functional groups attached to an aromatic ring is 1. The van der Waals surface area contributed by atoms with Crippen molar-refractivity contribution in [1.82, 2.24) is 4.90 Å². The third-order valence-electron chi connectivity index (χ3n) is 3.53. The zero-order valence-corrected chi connectivity index (χ0v) is 11.7. The SMILES string of the molecule is COc1ccc(NC(=O)C2CCN(C)C(=O)C2)cc1N. The second-order valence-corrected chi connectivity index (χ2v) is 4.95. The lowest BCUT2D eigenvalue weighted by Crippen LogP contribution is -2.39. The van der Waals surface area contributed by atoms with Gasteiger partial charge in [-0.15, -0.1) is 0 Å². The van der Waals surface area contributed by atoms with Gasteiger partial charge in [-0.25, -0.2) is 0 Å². The highest BCUT2D eigenvalue weighted by atomic mass is 16.5. The molecule has 1 aliphatic heterocycles. The molecule has 3 N–H and O–H groups in total. The number of methoxy groups -OCH3 is 1. The van der Waals surface area contributed by atoms with Gasteiger partial charge in [0.05, 0.1) is 12.8 Å². The molecular formula is C14H19N3O3. The Kier molecular flexibility index (Phi) is 4.12. The Bertz CT molecular complexity index is 530. The molecule has 1 aromatic carbocycles. The van der Waals surface area contributed by atoms with E-state index < -0.39 is 0 Å². The van der Waals surface area contributed by atoms with Crippen molar-refractivity contribution in [3.8, 4) is 5.75 Å². The van der Waals surface area contributed by atoms with Gasteiger partial charge in [0.2, 0.25) is 11.8 Å². The van der Waals surface area contributed by atoms with Crippen LogP contribution in [-0.2, 0) is 9.59 Å². The van der Waals surface area contributed by atoms with Crippen molar-refractivity contribution in [1.29, 1.82) is 0 Å². The van der Waals surface area contributed by atoms with E-state index in [1.807, 2.05) is 0 Å². The second-order valence-electron chi connectivity index (χ2n) is 4.95. The van der Waals surface area contributed by atoms with Crippen molar-refractivity contribution >= 4 is 23.2 Å². The van der Waals surface area contributed by atoms with Crippen LogP contribution >= 0.6 is 0 Å². The van der Waals surface area contributed by atoms with Crippen LogP contribution in [0.1, 0.15) is 12.8 Å². The summed E-state index contributed by atoms with van der Waals surface area (Å²) in [5.74, 6) is 0.154. The highest BCUT2D eigenvalue weighted by Crippen LogP contribution is 2.26. The molecule has 6 heteroatoms. The van der Waals surface area contributed by atoms with Gasteiger partial charge in [-0.3, -0.25) is 9.59 Å². The van der Waals surface area contributed by atoms with Crippen LogP contribution in [0.2, 0.25) is 0 Å². The molecule has 20 heavy (non-hydrogen) atoms. The van der Waals surface area contributed by atoms with Crippen molar-refractivity contribution in [3.63, 3.8) is 0 Å². The van der Waals surface area contributed by atoms with Crippen LogP contribution in [0.3, 0.4) is 0 Å². The Labute approximate surface area is 117 Å². The van der Waals surface area contributed by atoms with Gasteiger partial charge < -0.3 is 20.7 Å². The number of hydrogen-bond donors (Lipinski definition) is 2. The molecule has 1 aromatic rings. The summed E-state index contributed by atoms with van der Waals surface area (Å²) in [6.07, 6.45) is 0.938. The van der Waals surface area contributed by atoms with Gasteiger partial charge in [0.15, 0.2) is 0 Å². The van der Waals surface area contributed by atoms with E-state index in [2.05, 4.69) is 5.32 Å². The lowest BCUT2D eigenvalue weighted by atomic mass is 9.95. The first-order valence-corrected chi connectivity index (χ1v) is 6.49. The number of anilines is 2. The number of benzene rings is 1. The van der Waals surface area contributed by atoms with Crippen LogP contribution in [0.15, 0.2) is 18.2 Å². The smallest absolute Gasteiger partial charge is 0.228 e. The summed E-state index contributed by atoms with van der Waals surface area (Å²) in [7, 11) is 3.29. The number of piperidine rings is 1. The molecule has 0 radical (unpaired) electrons. The molecule has 2 amide bonds. The fourth-order valence-electron chi connectivity index (χ4n) is 2.22. The molecule has 2 rings (SSSR count). The third kappa shape index (κ3) is 3.01. The van der Waals surface area contributed by atoms with Crippen molar-refractivity contribution in [2.45, 2.75) is 12.8 Å². The van der Waals surface area contributed by atoms with Crippen LogP contribution in [0.5, 0.6) is 5.75 Å². The van der Waals surface area contributed by atoms with Crippen LogP contribution in [0.4, 0.5) is 11.4 Å². The molecule has 1 unspecified atom stereocenters. The Hall–Kier alpha value is -2.24. The first kappa shape index (κ1) is 14.2. The zero-order valence-electron chi connectivity index (χ0n) is 11.7. The van der Waals surface area contributed by atoms with E-state index in [1.165, 1.54) is 7.11 Å². The van der Waals surface area contributed by atoms with E-state index in [-0.39, 0.29) is 24.2 Å². The van der Waals surface area contributed by atoms with Gasteiger partial charge in [0.1, 0.15) is 5.75 Å². The molecule has 0 spiro atoms. The van der Waals surface area contributed by atoms with E-state index in [1.54, 1.807) is 30.1 Å². The average Bonchev–Trinajstić information content (AvgIpc) is 2.42. The van der Waals surface area contributed by atoms with Crippen LogP contribution in [0.25, 0.3) is 0 Å². The van der Waals surface area contributed by atoms with E-state index in [4.69, 9.17) is 10.5 Å². The predicted octanol–water partition coefficient (Wildman–Crippen LogP) is 1.08. The molecule has 1 fully saturated rings. The Morgan fingerprint density at radius 2 is 2.25 bits per heavy atom. The minimum atomic E-state index is -0.276. The minimum absolute atomic E-state index is 0.00523. The number of carbonyl (C=O) groups is 2. The zero-order chi connectivity index (χ0) is 14.7. The highest BCUT2D eigenvalue weighted by molar-refractivity contribution is 5.96. The summed E-state index contributed by atoms with van der Waals surface area (Å²) in [6.45, 7) is 0.613. The first-order valence-electron chi connectivity index (χ1n) is 6.49. The number of nitrogens with one attached hydrogen (secondary N) is 1. The summed E-state index contributed by atoms with van der Waals surface area (Å²) in [6, 6.07) is 5.07. The maximum atomic E-state index is 12.1. The molecule has 1 atom stereocenters. The van der Waals surface area contributed by atoms with Crippen LogP contribution < -0.4 is 15.8 Å². The molecule has 1 aliphatic rings. The van der Waals surface area contributed by atoms with E-state index >= 15 is 0 Å². The first-order chi connectivity index (χ1) is 9.51. The topological polar surface area (TPSA) is 84.7 Å². The molecule has 0 saturated carbocycles. The van der Waals surface area contributed by atoms with Crippen molar-refractivity contribution in [2.75, 3.05) is 31.8 Å². The second kappa shape index (κ2) is 5.81. The molecule has 0 bridgehead atoms. The van der Waals surface area contributed by atoms with Crippen LogP contribution in [0, 0.1) is 5.92 Å². The number of amides is 2. The van der Waals surface area contributed by atoms with Crippen molar-refractivity contribution in [3.05, 3.63) is 18.2 Å². The third-order valence-corrected chi connectivity index (χ3v) is 3.53. The van der Waals surface area contributed by atoms with Gasteiger partial charge in [0.25, 0.3) is 0 Å². The van der Waals surface area contributed by atoms with E-state index in [0.29, 0.717) is 30.1 Å². The minimum Gasteiger partial charge on any atom is -0.495 e. The number of rotatable bonds is 3. The Morgan fingerprint density at radius 1 is 1.50 bits per heavy atom. The van der Waals surface area contributed by atoms with Gasteiger partial charge >= 0.3 is 0 Å². The summed E-state index contributed by atoms with van der Waals surface area (Å²) >= 11 is 0. The average molecular weight is 277 g/mol.